The molecule has 0 saturated heterocycles. The van der Waals surface area contributed by atoms with Gasteiger partial charge in [0.1, 0.15) is 29.9 Å². The van der Waals surface area contributed by atoms with Crippen molar-refractivity contribution in [2.75, 3.05) is 6.61 Å². The zero-order valence-electron chi connectivity index (χ0n) is 20.6. The number of carbonyl (C=O) groups excluding carboxylic acids is 1. The Labute approximate surface area is 224 Å². The second-order valence-corrected chi connectivity index (χ2v) is 8.51. The lowest BCUT2D eigenvalue weighted by atomic mass is 10.1. The molecule has 0 fully saturated rings. The first kappa shape index (κ1) is 26.5. The summed E-state index contributed by atoms with van der Waals surface area (Å²) < 4.78 is 71.5. The topological polar surface area (TPSA) is 101 Å². The molecule has 0 radical (unpaired) electrons. The van der Waals surface area contributed by atoms with Gasteiger partial charge < -0.3 is 24.5 Å². The van der Waals surface area contributed by atoms with E-state index in [-0.39, 0.29) is 40.7 Å². The molecular weight excluding hydrogens is 532 g/mol. The Balaban J connectivity index is 1.60. The highest BCUT2D eigenvalue weighted by atomic mass is 19.4. The largest absolute Gasteiger partial charge is 0.489 e. The van der Waals surface area contributed by atoms with Crippen LogP contribution in [0, 0.1) is 5.82 Å². The van der Waals surface area contributed by atoms with Gasteiger partial charge in [-0.3, -0.25) is 0 Å². The molecule has 2 N–H and O–H groups in total. The third kappa shape index (κ3) is 5.96. The minimum absolute atomic E-state index is 0.0128. The van der Waals surface area contributed by atoms with E-state index >= 15 is 4.39 Å². The zero-order valence-corrected chi connectivity index (χ0v) is 20.6. The minimum atomic E-state index is -4.63. The van der Waals surface area contributed by atoms with Crippen LogP contribution >= 0.6 is 0 Å². The van der Waals surface area contributed by atoms with Gasteiger partial charge in [0.15, 0.2) is 12.4 Å². The van der Waals surface area contributed by atoms with Gasteiger partial charge in [-0.2, -0.15) is 18.2 Å². The number of hydrogen-bond acceptors (Lipinski definition) is 6. The maximum absolute atomic E-state index is 15.6. The fourth-order valence-electron chi connectivity index (χ4n) is 4.03. The van der Waals surface area contributed by atoms with Crippen LogP contribution in [0.1, 0.15) is 5.56 Å². The number of aromatic nitrogens is 3. The standard InChI is InChI=1S/C28H20F4N4O4/c29-21-12-20(38-14-17-4-2-1-3-5-17)10-11-23(21)36-24(18-6-8-19(9-7-18)40-27(33)37)13-22-25(36)26(35-16-34-22)39-15-28(30,31)32/h1-13,16H,14-15H2,(H2,33,37). The third-order valence-electron chi connectivity index (χ3n) is 5.70. The molecule has 12 heteroatoms. The fourth-order valence-corrected chi connectivity index (χ4v) is 4.03. The molecule has 0 atom stereocenters. The number of nitrogens with zero attached hydrogens (tertiary/aromatic N) is 3. The highest BCUT2D eigenvalue weighted by Crippen LogP contribution is 2.37. The summed E-state index contributed by atoms with van der Waals surface area (Å²) in [5.74, 6) is -0.686. The maximum Gasteiger partial charge on any atom is 0.422 e. The fraction of sp³-hybridized carbons (Fsp3) is 0.107. The van der Waals surface area contributed by atoms with Crippen LogP contribution < -0.4 is 19.9 Å². The summed E-state index contributed by atoms with van der Waals surface area (Å²) in [6, 6.07) is 21.1. The van der Waals surface area contributed by atoms with Crippen molar-refractivity contribution >= 4 is 17.1 Å². The molecule has 2 heterocycles. The van der Waals surface area contributed by atoms with Crippen molar-refractivity contribution in [1.82, 2.24) is 14.5 Å². The smallest absolute Gasteiger partial charge is 0.422 e. The van der Waals surface area contributed by atoms with E-state index in [1.165, 1.54) is 28.8 Å². The summed E-state index contributed by atoms with van der Waals surface area (Å²) in [6.07, 6.45) is -4.57. The average molecular weight is 552 g/mol. The Kier molecular flexibility index (Phi) is 7.23. The number of amides is 1. The first-order valence-corrected chi connectivity index (χ1v) is 11.8. The second kappa shape index (κ2) is 10.9. The van der Waals surface area contributed by atoms with Gasteiger partial charge in [0, 0.05) is 6.07 Å². The lowest BCUT2D eigenvalue weighted by Gasteiger charge is -2.16. The molecule has 1 amide bonds. The molecule has 0 aliphatic heterocycles. The first-order chi connectivity index (χ1) is 19.2. The van der Waals surface area contributed by atoms with Crippen molar-refractivity contribution in [1.29, 1.82) is 0 Å². The summed E-state index contributed by atoms with van der Waals surface area (Å²) >= 11 is 0. The number of fused-ring (bicyclic) bond motifs is 1. The van der Waals surface area contributed by atoms with Gasteiger partial charge in [0.2, 0.25) is 5.88 Å². The summed E-state index contributed by atoms with van der Waals surface area (Å²) in [5, 5.41) is 0. The van der Waals surface area contributed by atoms with Crippen LogP contribution in [-0.4, -0.2) is 33.4 Å². The molecule has 0 bridgehead atoms. The number of halogens is 4. The van der Waals surface area contributed by atoms with E-state index in [0.29, 0.717) is 11.3 Å². The molecule has 0 unspecified atom stereocenters. The maximum atomic E-state index is 15.6. The molecule has 5 rings (SSSR count). The van der Waals surface area contributed by atoms with Gasteiger partial charge in [-0.25, -0.2) is 14.2 Å². The van der Waals surface area contributed by atoms with Crippen molar-refractivity contribution in [3.8, 4) is 34.3 Å². The molecule has 40 heavy (non-hydrogen) atoms. The molecule has 2 aromatic heterocycles. The van der Waals surface area contributed by atoms with Crippen LogP contribution in [0.5, 0.6) is 17.4 Å². The van der Waals surface area contributed by atoms with E-state index in [1.807, 2.05) is 30.3 Å². The number of ether oxygens (including phenoxy) is 3. The molecule has 3 aromatic carbocycles. The molecule has 0 spiro atoms. The van der Waals surface area contributed by atoms with Crippen LogP contribution in [0.3, 0.4) is 0 Å². The normalized spacial score (nSPS) is 11.4. The van der Waals surface area contributed by atoms with Gasteiger partial charge in [-0.05, 0) is 53.6 Å². The predicted molar refractivity (Wildman–Crippen MR) is 137 cm³/mol. The highest BCUT2D eigenvalue weighted by Gasteiger charge is 2.30. The Bertz CT molecular complexity index is 1660. The summed E-state index contributed by atoms with van der Waals surface area (Å²) in [7, 11) is 0. The van der Waals surface area contributed by atoms with Crippen molar-refractivity contribution in [2.45, 2.75) is 12.8 Å². The van der Waals surface area contributed by atoms with Crippen LogP contribution in [0.2, 0.25) is 0 Å². The molecule has 0 aliphatic rings. The Morgan fingerprint density at radius 1 is 0.900 bits per heavy atom. The van der Waals surface area contributed by atoms with Gasteiger partial charge in [-0.15, -0.1) is 0 Å². The Morgan fingerprint density at radius 3 is 2.30 bits per heavy atom. The monoisotopic (exact) mass is 552 g/mol. The number of nitrogens with two attached hydrogens (primary N) is 1. The average Bonchev–Trinajstić information content (AvgIpc) is 3.31. The van der Waals surface area contributed by atoms with Gasteiger partial charge in [0.25, 0.3) is 0 Å². The number of alkyl halides is 3. The second-order valence-electron chi connectivity index (χ2n) is 8.51. The van der Waals surface area contributed by atoms with Crippen molar-refractivity contribution in [3.05, 3.63) is 96.6 Å². The quantitative estimate of drug-likeness (QED) is 0.230. The number of primary amides is 1. The van der Waals surface area contributed by atoms with Crippen LogP contribution in [0.25, 0.3) is 28.0 Å². The lowest BCUT2D eigenvalue weighted by molar-refractivity contribution is -0.153. The molecule has 0 saturated carbocycles. The highest BCUT2D eigenvalue weighted by molar-refractivity contribution is 5.89. The summed E-state index contributed by atoms with van der Waals surface area (Å²) in [4.78, 5) is 19.1. The first-order valence-electron chi connectivity index (χ1n) is 11.8. The number of benzene rings is 3. The van der Waals surface area contributed by atoms with E-state index in [9.17, 15) is 18.0 Å². The van der Waals surface area contributed by atoms with E-state index in [2.05, 4.69) is 9.97 Å². The number of carbonyl (C=O) groups is 1. The van der Waals surface area contributed by atoms with Crippen LogP contribution in [0.4, 0.5) is 22.4 Å². The Morgan fingerprint density at radius 2 is 1.62 bits per heavy atom. The van der Waals surface area contributed by atoms with Gasteiger partial charge in [-0.1, -0.05) is 30.3 Å². The van der Waals surface area contributed by atoms with Gasteiger partial charge in [0.05, 0.1) is 16.9 Å². The summed E-state index contributed by atoms with van der Waals surface area (Å²) in [5.41, 5.74) is 7.02. The van der Waals surface area contributed by atoms with Crippen molar-refractivity contribution in [3.63, 3.8) is 0 Å². The predicted octanol–water partition coefficient (Wildman–Crippen LogP) is 6.20. The van der Waals surface area contributed by atoms with E-state index in [4.69, 9.17) is 19.9 Å². The van der Waals surface area contributed by atoms with Crippen LogP contribution in [-0.2, 0) is 6.61 Å². The summed E-state index contributed by atoms with van der Waals surface area (Å²) in [6.45, 7) is -1.39. The van der Waals surface area contributed by atoms with Crippen LogP contribution in [0.15, 0.2) is 85.2 Å². The molecular formula is C28H20F4N4O4. The SMILES string of the molecule is NC(=O)Oc1ccc(-c2cc3ncnc(OCC(F)(F)F)c3n2-c2ccc(OCc3ccccc3)cc2F)cc1. The van der Waals surface area contributed by atoms with Crippen molar-refractivity contribution in [2.24, 2.45) is 5.73 Å². The molecule has 5 aromatic rings. The van der Waals surface area contributed by atoms with E-state index < -0.39 is 24.7 Å². The van der Waals surface area contributed by atoms with Crippen molar-refractivity contribution < 1.29 is 36.6 Å². The van der Waals surface area contributed by atoms with E-state index in [0.717, 1.165) is 11.9 Å². The Hall–Kier alpha value is -5.13. The van der Waals surface area contributed by atoms with E-state index in [1.54, 1.807) is 24.3 Å². The third-order valence-corrected chi connectivity index (χ3v) is 5.70. The molecule has 204 valence electrons. The number of rotatable bonds is 8. The molecule has 0 aliphatic carbocycles. The number of hydrogen-bond donors (Lipinski definition) is 1. The van der Waals surface area contributed by atoms with Gasteiger partial charge >= 0.3 is 12.3 Å². The minimum Gasteiger partial charge on any atom is -0.489 e. The lowest BCUT2D eigenvalue weighted by Crippen LogP contribution is -2.20. The molecule has 8 nitrogen and oxygen atoms in total. The zero-order chi connectivity index (χ0) is 28.3.